The number of hydrogen-bond acceptors (Lipinski definition) is 4. The Morgan fingerprint density at radius 2 is 1.76 bits per heavy atom. The molecule has 2 aromatic rings. The van der Waals surface area contributed by atoms with Crippen LogP contribution in [-0.2, 0) is 18.4 Å². The van der Waals surface area contributed by atoms with Crippen LogP contribution in [0.4, 0.5) is 11.5 Å². The van der Waals surface area contributed by atoms with Gasteiger partial charge in [-0.15, -0.1) is 0 Å². The molecular weight excluding hydrogens is 368 g/mol. The number of nitrogens with one attached hydrogen (secondary N) is 1. The van der Waals surface area contributed by atoms with Gasteiger partial charge in [-0.1, -0.05) is 26.0 Å². The zero-order valence-electron chi connectivity index (χ0n) is 17.6. The topological polar surface area (TPSA) is 76.3 Å². The van der Waals surface area contributed by atoms with Crippen LogP contribution in [0.5, 0.6) is 0 Å². The van der Waals surface area contributed by atoms with E-state index in [9.17, 15) is 14.4 Å². The minimum atomic E-state index is -0.306. The van der Waals surface area contributed by atoms with Crippen LogP contribution in [0.1, 0.15) is 45.1 Å². The summed E-state index contributed by atoms with van der Waals surface area (Å²) >= 11 is 0. The van der Waals surface area contributed by atoms with E-state index in [4.69, 9.17) is 0 Å². The van der Waals surface area contributed by atoms with Crippen LogP contribution < -0.4 is 21.5 Å². The van der Waals surface area contributed by atoms with E-state index in [0.29, 0.717) is 44.2 Å². The normalized spacial score (nSPS) is 15.0. The van der Waals surface area contributed by atoms with Crippen molar-refractivity contribution in [3.63, 3.8) is 0 Å². The van der Waals surface area contributed by atoms with Crippen molar-refractivity contribution in [3.05, 3.63) is 56.7 Å². The van der Waals surface area contributed by atoms with Crippen molar-refractivity contribution in [1.29, 1.82) is 0 Å². The summed E-state index contributed by atoms with van der Waals surface area (Å²) in [6, 6.07) is 9.50. The molecule has 0 aliphatic carbocycles. The lowest BCUT2D eigenvalue weighted by Crippen LogP contribution is -2.44. The molecule has 1 fully saturated rings. The summed E-state index contributed by atoms with van der Waals surface area (Å²) in [6.07, 6.45) is 1.37. The number of nitrogens with zero attached hydrogens (tertiary/aromatic N) is 3. The molecule has 0 spiro atoms. The van der Waals surface area contributed by atoms with E-state index in [1.54, 1.807) is 4.57 Å². The van der Waals surface area contributed by atoms with Gasteiger partial charge >= 0.3 is 5.69 Å². The third kappa shape index (κ3) is 4.44. The summed E-state index contributed by atoms with van der Waals surface area (Å²) in [5.74, 6) is 1.05. The molecule has 2 heterocycles. The van der Waals surface area contributed by atoms with Crippen LogP contribution in [-0.4, -0.2) is 28.1 Å². The van der Waals surface area contributed by atoms with Gasteiger partial charge in [0.05, 0.1) is 0 Å². The van der Waals surface area contributed by atoms with Crippen molar-refractivity contribution in [2.24, 2.45) is 13.0 Å². The molecule has 3 rings (SSSR count). The van der Waals surface area contributed by atoms with Gasteiger partial charge in [0.25, 0.3) is 5.56 Å². The van der Waals surface area contributed by atoms with E-state index >= 15 is 0 Å². The van der Waals surface area contributed by atoms with Gasteiger partial charge < -0.3 is 10.2 Å². The van der Waals surface area contributed by atoms with Gasteiger partial charge in [-0.2, -0.15) is 0 Å². The van der Waals surface area contributed by atoms with E-state index in [2.05, 4.69) is 19.2 Å². The van der Waals surface area contributed by atoms with Gasteiger partial charge in [-0.25, -0.2) is 4.79 Å². The number of amides is 1. The van der Waals surface area contributed by atoms with Crippen LogP contribution in [0, 0.1) is 5.92 Å². The Morgan fingerprint density at radius 3 is 2.31 bits per heavy atom. The maximum Gasteiger partial charge on any atom is 0.332 e. The predicted octanol–water partition coefficient (Wildman–Crippen LogP) is 2.55. The maximum absolute atomic E-state index is 12.7. The molecule has 1 saturated heterocycles. The highest BCUT2D eigenvalue weighted by Crippen LogP contribution is 2.24. The second-order valence-corrected chi connectivity index (χ2v) is 7.95. The molecule has 29 heavy (non-hydrogen) atoms. The summed E-state index contributed by atoms with van der Waals surface area (Å²) in [4.78, 5) is 39.1. The Bertz CT molecular complexity index is 981. The van der Waals surface area contributed by atoms with Gasteiger partial charge in [0.1, 0.15) is 5.82 Å². The highest BCUT2D eigenvalue weighted by Gasteiger charge is 2.27. The van der Waals surface area contributed by atoms with Crippen LogP contribution in [0.15, 0.2) is 39.9 Å². The van der Waals surface area contributed by atoms with Crippen molar-refractivity contribution >= 4 is 17.4 Å². The number of carbonyl (C=O) groups excluding carboxylic acids is 1. The minimum Gasteiger partial charge on any atom is -0.358 e. The molecule has 1 N–H and O–H groups in total. The van der Waals surface area contributed by atoms with Gasteiger partial charge in [0.2, 0.25) is 5.91 Å². The van der Waals surface area contributed by atoms with Crippen molar-refractivity contribution < 1.29 is 4.79 Å². The van der Waals surface area contributed by atoms with Crippen molar-refractivity contribution in [1.82, 2.24) is 9.13 Å². The Morgan fingerprint density at radius 1 is 1.14 bits per heavy atom. The first-order valence-electron chi connectivity index (χ1n) is 10.3. The molecule has 1 aliphatic heterocycles. The molecule has 0 bridgehead atoms. The molecule has 0 saturated carbocycles. The largest absolute Gasteiger partial charge is 0.358 e. The van der Waals surface area contributed by atoms with E-state index in [0.717, 1.165) is 10.3 Å². The highest BCUT2D eigenvalue weighted by molar-refractivity contribution is 5.92. The molecule has 1 aromatic heterocycles. The molecule has 7 nitrogen and oxygen atoms in total. The van der Waals surface area contributed by atoms with Gasteiger partial charge in [-0.3, -0.25) is 18.7 Å². The average molecular weight is 399 g/mol. The molecule has 1 amide bonds. The Hall–Kier alpha value is -2.83. The van der Waals surface area contributed by atoms with Gasteiger partial charge in [-0.05, 0) is 43.4 Å². The number of hydrogen-bond donors (Lipinski definition) is 1. The van der Waals surface area contributed by atoms with E-state index in [1.165, 1.54) is 18.7 Å². The van der Waals surface area contributed by atoms with Crippen LogP contribution in [0.2, 0.25) is 0 Å². The molecule has 0 radical (unpaired) electrons. The quantitative estimate of drug-likeness (QED) is 0.840. The summed E-state index contributed by atoms with van der Waals surface area (Å²) in [7, 11) is 1.49. The van der Waals surface area contributed by atoms with Crippen molar-refractivity contribution in [3.8, 4) is 0 Å². The Balaban J connectivity index is 1.65. The average Bonchev–Trinajstić information content (AvgIpc) is 2.72. The number of aromatic nitrogens is 2. The first-order chi connectivity index (χ1) is 13.8. The van der Waals surface area contributed by atoms with Crippen molar-refractivity contribution in [2.45, 2.75) is 46.1 Å². The third-order valence-electron chi connectivity index (χ3n) is 5.73. The molecule has 0 unspecified atom stereocenters. The lowest BCUT2D eigenvalue weighted by atomic mass is 9.95. The number of piperidine rings is 1. The fourth-order valence-corrected chi connectivity index (χ4v) is 3.78. The second-order valence-electron chi connectivity index (χ2n) is 7.95. The van der Waals surface area contributed by atoms with Crippen LogP contribution in [0.3, 0.4) is 0 Å². The highest BCUT2D eigenvalue weighted by atomic mass is 16.2. The lowest BCUT2D eigenvalue weighted by Gasteiger charge is -2.34. The molecule has 7 heteroatoms. The molecule has 156 valence electrons. The maximum atomic E-state index is 12.7. The number of anilines is 2. The number of rotatable bonds is 5. The van der Waals surface area contributed by atoms with E-state index in [-0.39, 0.29) is 23.1 Å². The SMILES string of the molecule is CCn1c(N2CCC(C(=O)Nc3ccc(C(C)C)cc3)CC2)cc(=O)n(C)c1=O. The predicted molar refractivity (Wildman–Crippen MR) is 116 cm³/mol. The molecular formula is C22H30N4O3. The van der Waals surface area contributed by atoms with Crippen LogP contribution >= 0.6 is 0 Å². The zero-order valence-corrected chi connectivity index (χ0v) is 17.6. The smallest absolute Gasteiger partial charge is 0.332 e. The summed E-state index contributed by atoms with van der Waals surface area (Å²) in [5, 5.41) is 3.01. The monoisotopic (exact) mass is 398 g/mol. The van der Waals surface area contributed by atoms with Crippen LogP contribution in [0.25, 0.3) is 0 Å². The number of benzene rings is 1. The van der Waals surface area contributed by atoms with E-state index in [1.807, 2.05) is 36.1 Å². The van der Waals surface area contributed by atoms with Gasteiger partial charge in [0.15, 0.2) is 0 Å². The molecule has 1 aromatic carbocycles. The fourth-order valence-electron chi connectivity index (χ4n) is 3.78. The molecule has 0 atom stereocenters. The summed E-state index contributed by atoms with van der Waals surface area (Å²) in [5.41, 5.74) is 1.44. The third-order valence-corrected chi connectivity index (χ3v) is 5.73. The zero-order chi connectivity index (χ0) is 21.1. The summed E-state index contributed by atoms with van der Waals surface area (Å²) in [6.45, 7) is 7.94. The van der Waals surface area contributed by atoms with E-state index < -0.39 is 0 Å². The molecule has 1 aliphatic rings. The Labute approximate surface area is 171 Å². The first kappa shape index (κ1) is 20.9. The lowest BCUT2D eigenvalue weighted by molar-refractivity contribution is -0.120. The Kier molecular flexibility index (Phi) is 6.25. The summed E-state index contributed by atoms with van der Waals surface area (Å²) < 4.78 is 2.73. The standard InChI is InChI=1S/C22H30N4O3/c1-5-26-19(14-20(27)24(4)22(26)29)25-12-10-17(11-13-25)21(28)23-18-8-6-16(7-9-18)15(2)3/h6-9,14-15,17H,5,10-13H2,1-4H3,(H,23,28). The first-order valence-corrected chi connectivity index (χ1v) is 10.3. The fraction of sp³-hybridized carbons (Fsp3) is 0.500. The van der Waals surface area contributed by atoms with Crippen molar-refractivity contribution in [2.75, 3.05) is 23.3 Å². The second kappa shape index (κ2) is 8.68. The van der Waals surface area contributed by atoms with Gasteiger partial charge in [0, 0.05) is 44.4 Å². The minimum absolute atomic E-state index is 0.0267. The number of carbonyl (C=O) groups is 1.